The molecule has 1 heterocycles. The van der Waals surface area contributed by atoms with Gasteiger partial charge in [-0.3, -0.25) is 4.79 Å². The molecule has 0 spiro atoms. The van der Waals surface area contributed by atoms with Crippen LogP contribution in [0.2, 0.25) is 0 Å². The molecular formula is C13H22N2O3. The number of rotatable bonds is 6. The number of furan rings is 1. The van der Waals surface area contributed by atoms with Crippen LogP contribution in [0, 0.1) is 5.41 Å². The molecule has 1 amide bonds. The third-order valence-electron chi connectivity index (χ3n) is 2.72. The molecule has 0 aliphatic carbocycles. The Balaban J connectivity index is 2.68. The lowest BCUT2D eigenvalue weighted by molar-refractivity contribution is 0.0701. The number of nitrogens with two attached hydrogens (primary N) is 1. The Morgan fingerprint density at radius 2 is 2.17 bits per heavy atom. The summed E-state index contributed by atoms with van der Waals surface area (Å²) in [5.74, 6) is 0.837. The average molecular weight is 254 g/mol. The summed E-state index contributed by atoms with van der Waals surface area (Å²) in [6.07, 6.45) is 0. The van der Waals surface area contributed by atoms with Gasteiger partial charge in [0.1, 0.15) is 12.4 Å². The van der Waals surface area contributed by atoms with E-state index in [1.54, 1.807) is 31.2 Å². The van der Waals surface area contributed by atoms with Crippen LogP contribution < -0.4 is 5.73 Å². The summed E-state index contributed by atoms with van der Waals surface area (Å²) < 4.78 is 10.4. The van der Waals surface area contributed by atoms with Crippen molar-refractivity contribution in [3.8, 4) is 0 Å². The van der Waals surface area contributed by atoms with Gasteiger partial charge in [-0.2, -0.15) is 0 Å². The van der Waals surface area contributed by atoms with Gasteiger partial charge in [0.05, 0.1) is 0 Å². The first-order valence-electron chi connectivity index (χ1n) is 5.93. The summed E-state index contributed by atoms with van der Waals surface area (Å²) >= 11 is 0. The molecule has 0 aromatic carbocycles. The van der Waals surface area contributed by atoms with Crippen LogP contribution in [-0.4, -0.2) is 38.1 Å². The molecule has 1 aromatic heterocycles. The molecule has 0 saturated heterocycles. The van der Waals surface area contributed by atoms with Crippen LogP contribution >= 0.6 is 0 Å². The van der Waals surface area contributed by atoms with Crippen molar-refractivity contribution in [1.82, 2.24) is 4.90 Å². The van der Waals surface area contributed by atoms with Crippen LogP contribution in [-0.2, 0) is 11.3 Å². The van der Waals surface area contributed by atoms with Crippen LogP contribution in [0.4, 0.5) is 0 Å². The van der Waals surface area contributed by atoms with E-state index in [1.807, 2.05) is 13.8 Å². The first-order valence-corrected chi connectivity index (χ1v) is 5.93. The second kappa shape index (κ2) is 6.02. The fraction of sp³-hybridized carbons (Fsp3) is 0.615. The van der Waals surface area contributed by atoms with Gasteiger partial charge in [0.25, 0.3) is 5.91 Å². The largest absolute Gasteiger partial charge is 0.453 e. The van der Waals surface area contributed by atoms with Crippen molar-refractivity contribution in [3.05, 3.63) is 23.7 Å². The Kier molecular flexibility index (Phi) is 4.93. The van der Waals surface area contributed by atoms with Crippen molar-refractivity contribution in [2.45, 2.75) is 20.5 Å². The summed E-state index contributed by atoms with van der Waals surface area (Å²) in [5, 5.41) is 0. The minimum Gasteiger partial charge on any atom is -0.453 e. The predicted octanol–water partition coefficient (Wildman–Crippen LogP) is 1.48. The molecule has 0 unspecified atom stereocenters. The predicted molar refractivity (Wildman–Crippen MR) is 69.2 cm³/mol. The third kappa shape index (κ3) is 3.85. The van der Waals surface area contributed by atoms with E-state index in [-0.39, 0.29) is 11.3 Å². The van der Waals surface area contributed by atoms with Gasteiger partial charge in [-0.25, -0.2) is 0 Å². The maximum absolute atomic E-state index is 12.1. The Hall–Kier alpha value is -1.33. The molecule has 5 heteroatoms. The second-order valence-corrected chi connectivity index (χ2v) is 5.23. The minimum absolute atomic E-state index is 0.105. The minimum atomic E-state index is -0.140. The van der Waals surface area contributed by atoms with E-state index < -0.39 is 0 Å². The molecule has 1 rings (SSSR count). The molecule has 1 aromatic rings. The highest BCUT2D eigenvalue weighted by molar-refractivity contribution is 5.91. The number of hydrogen-bond donors (Lipinski definition) is 1. The van der Waals surface area contributed by atoms with Gasteiger partial charge in [0.15, 0.2) is 5.76 Å². The quantitative estimate of drug-likeness (QED) is 0.835. The molecule has 0 radical (unpaired) electrons. The first kappa shape index (κ1) is 14.7. The molecule has 18 heavy (non-hydrogen) atoms. The summed E-state index contributed by atoms with van der Waals surface area (Å²) in [6.45, 7) is 5.52. The average Bonchev–Trinajstić information content (AvgIpc) is 2.76. The SMILES string of the molecule is COCc1ccc(C(=O)N(C)CC(C)(C)CN)o1. The van der Waals surface area contributed by atoms with Crippen molar-refractivity contribution < 1.29 is 13.9 Å². The van der Waals surface area contributed by atoms with Gasteiger partial charge in [-0.05, 0) is 24.1 Å². The number of ether oxygens (including phenoxy) is 1. The van der Waals surface area contributed by atoms with Crippen molar-refractivity contribution in [2.75, 3.05) is 27.2 Å². The van der Waals surface area contributed by atoms with E-state index in [1.165, 1.54) is 0 Å². The van der Waals surface area contributed by atoms with E-state index in [9.17, 15) is 4.79 Å². The lowest BCUT2D eigenvalue weighted by atomic mass is 9.93. The fourth-order valence-electron chi connectivity index (χ4n) is 1.68. The van der Waals surface area contributed by atoms with E-state index in [0.29, 0.717) is 31.2 Å². The van der Waals surface area contributed by atoms with Gasteiger partial charge in [0.2, 0.25) is 0 Å². The number of amides is 1. The maximum Gasteiger partial charge on any atom is 0.289 e. The maximum atomic E-state index is 12.1. The van der Waals surface area contributed by atoms with Gasteiger partial charge in [-0.1, -0.05) is 13.8 Å². The molecule has 2 N–H and O–H groups in total. The molecule has 0 atom stereocenters. The first-order chi connectivity index (χ1) is 8.39. The Bertz CT molecular complexity index is 399. The standard InChI is InChI=1S/C13H22N2O3/c1-13(2,8-14)9-15(3)12(16)11-6-5-10(18-11)7-17-4/h5-6H,7-9,14H2,1-4H3. The lowest BCUT2D eigenvalue weighted by Crippen LogP contribution is -2.39. The van der Waals surface area contributed by atoms with Crippen molar-refractivity contribution >= 4 is 5.91 Å². The summed E-state index contributed by atoms with van der Waals surface area (Å²) in [7, 11) is 3.33. The van der Waals surface area contributed by atoms with E-state index in [4.69, 9.17) is 14.9 Å². The third-order valence-corrected chi connectivity index (χ3v) is 2.72. The van der Waals surface area contributed by atoms with Crippen molar-refractivity contribution in [3.63, 3.8) is 0 Å². The van der Waals surface area contributed by atoms with Crippen LogP contribution in [0.3, 0.4) is 0 Å². The molecule has 0 aliphatic rings. The zero-order valence-corrected chi connectivity index (χ0v) is 11.5. The lowest BCUT2D eigenvalue weighted by Gasteiger charge is -2.28. The van der Waals surface area contributed by atoms with Gasteiger partial charge < -0.3 is 19.8 Å². The Labute approximate surface area is 108 Å². The van der Waals surface area contributed by atoms with Crippen LogP contribution in [0.15, 0.2) is 16.5 Å². The Morgan fingerprint density at radius 3 is 2.72 bits per heavy atom. The number of methoxy groups -OCH3 is 1. The van der Waals surface area contributed by atoms with E-state index >= 15 is 0 Å². The normalized spacial score (nSPS) is 11.6. The van der Waals surface area contributed by atoms with Crippen molar-refractivity contribution in [1.29, 1.82) is 0 Å². The highest BCUT2D eigenvalue weighted by Gasteiger charge is 2.23. The number of nitrogens with zero attached hydrogens (tertiary/aromatic N) is 1. The molecule has 0 aliphatic heterocycles. The molecule has 102 valence electrons. The van der Waals surface area contributed by atoms with Gasteiger partial charge in [-0.15, -0.1) is 0 Å². The molecular weight excluding hydrogens is 232 g/mol. The summed E-state index contributed by atoms with van der Waals surface area (Å²) in [4.78, 5) is 13.7. The zero-order valence-electron chi connectivity index (χ0n) is 11.5. The molecule has 0 bridgehead atoms. The smallest absolute Gasteiger partial charge is 0.289 e. The summed E-state index contributed by atoms with van der Waals surface area (Å²) in [5.41, 5.74) is 5.55. The van der Waals surface area contributed by atoms with Gasteiger partial charge >= 0.3 is 0 Å². The zero-order chi connectivity index (χ0) is 13.8. The monoisotopic (exact) mass is 254 g/mol. The highest BCUT2D eigenvalue weighted by Crippen LogP contribution is 2.17. The number of hydrogen-bond acceptors (Lipinski definition) is 4. The topological polar surface area (TPSA) is 68.7 Å². The molecule has 0 fully saturated rings. The van der Waals surface area contributed by atoms with Crippen LogP contribution in [0.25, 0.3) is 0 Å². The van der Waals surface area contributed by atoms with Crippen LogP contribution in [0.5, 0.6) is 0 Å². The number of carbonyl (C=O) groups excluding carboxylic acids is 1. The molecule has 0 saturated carbocycles. The second-order valence-electron chi connectivity index (χ2n) is 5.23. The highest BCUT2D eigenvalue weighted by atomic mass is 16.5. The van der Waals surface area contributed by atoms with Crippen molar-refractivity contribution in [2.24, 2.45) is 11.1 Å². The number of carbonyl (C=O) groups is 1. The van der Waals surface area contributed by atoms with Crippen LogP contribution in [0.1, 0.15) is 30.2 Å². The van der Waals surface area contributed by atoms with E-state index in [0.717, 1.165) is 0 Å². The fourth-order valence-corrected chi connectivity index (χ4v) is 1.68. The van der Waals surface area contributed by atoms with Gasteiger partial charge in [0, 0.05) is 20.7 Å². The summed E-state index contributed by atoms with van der Waals surface area (Å²) in [6, 6.07) is 3.42. The molecule has 5 nitrogen and oxygen atoms in total. The van der Waals surface area contributed by atoms with E-state index in [2.05, 4.69) is 0 Å². The Morgan fingerprint density at radius 1 is 1.50 bits per heavy atom.